The summed E-state index contributed by atoms with van der Waals surface area (Å²) in [5, 5.41) is 11.4. The van der Waals surface area contributed by atoms with Crippen LogP contribution in [0, 0.1) is 17.5 Å². The number of hydrogen-bond donors (Lipinski definition) is 3. The lowest BCUT2D eigenvalue weighted by Gasteiger charge is -2.16. The van der Waals surface area contributed by atoms with Gasteiger partial charge >= 0.3 is 0 Å². The zero-order valence-electron chi connectivity index (χ0n) is 10.5. The first kappa shape index (κ1) is 15.3. The maximum atomic E-state index is 13.5. The fourth-order valence-corrected chi connectivity index (χ4v) is 1.67. The van der Waals surface area contributed by atoms with E-state index < -0.39 is 34.7 Å². The molecule has 4 N–H and O–H groups in total. The fourth-order valence-electron chi connectivity index (χ4n) is 1.67. The van der Waals surface area contributed by atoms with E-state index in [2.05, 4.69) is 5.32 Å². The van der Waals surface area contributed by atoms with E-state index in [0.29, 0.717) is 12.5 Å². The summed E-state index contributed by atoms with van der Waals surface area (Å²) in [4.78, 5) is 11.7. The van der Waals surface area contributed by atoms with Crippen LogP contribution in [0.15, 0.2) is 6.07 Å². The van der Waals surface area contributed by atoms with Crippen molar-refractivity contribution < 1.29 is 23.1 Å². The molecule has 2 atom stereocenters. The van der Waals surface area contributed by atoms with Gasteiger partial charge in [-0.1, -0.05) is 0 Å². The highest BCUT2D eigenvalue weighted by atomic mass is 19.2. The second kappa shape index (κ2) is 5.92. The first-order valence-electron chi connectivity index (χ1n) is 5.67. The number of phenols is 1. The molecule has 0 fully saturated rings. The second-order valence-corrected chi connectivity index (χ2v) is 4.47. The van der Waals surface area contributed by atoms with Gasteiger partial charge in [0.2, 0.25) is 5.82 Å². The van der Waals surface area contributed by atoms with Gasteiger partial charge < -0.3 is 16.2 Å². The third kappa shape index (κ3) is 3.60. The Morgan fingerprint density at radius 3 is 2.47 bits per heavy atom. The molecular weight excluding hydrogens is 261 g/mol. The van der Waals surface area contributed by atoms with Crippen molar-refractivity contribution in [3.63, 3.8) is 0 Å². The van der Waals surface area contributed by atoms with Crippen LogP contribution in [0.3, 0.4) is 0 Å². The van der Waals surface area contributed by atoms with E-state index in [9.17, 15) is 18.0 Å². The Morgan fingerprint density at radius 1 is 1.37 bits per heavy atom. The Bertz CT molecular complexity index is 492. The lowest BCUT2D eigenvalue weighted by Crippen LogP contribution is -2.37. The lowest BCUT2D eigenvalue weighted by molar-refractivity contribution is 0.0931. The third-order valence-electron chi connectivity index (χ3n) is 2.48. The van der Waals surface area contributed by atoms with E-state index in [1.165, 1.54) is 0 Å². The molecule has 1 aromatic carbocycles. The van der Waals surface area contributed by atoms with Crippen molar-refractivity contribution in [3.05, 3.63) is 29.1 Å². The summed E-state index contributed by atoms with van der Waals surface area (Å²) in [5.74, 6) is -7.17. The Balaban J connectivity index is 2.95. The second-order valence-electron chi connectivity index (χ2n) is 4.47. The summed E-state index contributed by atoms with van der Waals surface area (Å²) in [7, 11) is 0. The number of rotatable bonds is 4. The molecule has 0 saturated heterocycles. The molecule has 0 aromatic heterocycles. The summed E-state index contributed by atoms with van der Waals surface area (Å²) in [5.41, 5.74) is 4.77. The van der Waals surface area contributed by atoms with Crippen LogP contribution in [-0.4, -0.2) is 23.1 Å². The first-order chi connectivity index (χ1) is 8.73. The molecular formula is C12H15F3N2O2. The Hall–Kier alpha value is -1.76. The zero-order chi connectivity index (χ0) is 14.7. The molecule has 19 heavy (non-hydrogen) atoms. The molecule has 1 rings (SSSR count). The third-order valence-corrected chi connectivity index (χ3v) is 2.48. The number of aromatic hydroxyl groups is 1. The molecule has 0 saturated carbocycles. The molecule has 2 unspecified atom stereocenters. The van der Waals surface area contributed by atoms with Crippen LogP contribution in [0.2, 0.25) is 0 Å². The van der Waals surface area contributed by atoms with Gasteiger partial charge in [0.1, 0.15) is 0 Å². The monoisotopic (exact) mass is 276 g/mol. The normalized spacial score (nSPS) is 14.0. The summed E-state index contributed by atoms with van der Waals surface area (Å²) in [6, 6.07) is -0.154. The Labute approximate surface area is 108 Å². The van der Waals surface area contributed by atoms with Crippen LogP contribution in [0.4, 0.5) is 13.2 Å². The summed E-state index contributed by atoms with van der Waals surface area (Å²) in [6.07, 6.45) is 0.434. The minimum absolute atomic E-state index is 0.182. The smallest absolute Gasteiger partial charge is 0.254 e. The van der Waals surface area contributed by atoms with Crippen LogP contribution in [0.25, 0.3) is 0 Å². The molecule has 1 amide bonds. The van der Waals surface area contributed by atoms with Gasteiger partial charge in [0, 0.05) is 12.1 Å². The number of benzene rings is 1. The molecule has 0 bridgehead atoms. The van der Waals surface area contributed by atoms with Crippen molar-refractivity contribution in [1.29, 1.82) is 0 Å². The zero-order valence-corrected chi connectivity index (χ0v) is 10.5. The quantitative estimate of drug-likeness (QED) is 0.732. The van der Waals surface area contributed by atoms with E-state index in [0.717, 1.165) is 0 Å². The van der Waals surface area contributed by atoms with Crippen LogP contribution >= 0.6 is 0 Å². The van der Waals surface area contributed by atoms with Crippen molar-refractivity contribution in [3.8, 4) is 5.75 Å². The highest BCUT2D eigenvalue weighted by molar-refractivity contribution is 5.95. The van der Waals surface area contributed by atoms with Gasteiger partial charge in [0.15, 0.2) is 17.4 Å². The Kier molecular flexibility index (Phi) is 4.77. The summed E-state index contributed by atoms with van der Waals surface area (Å²) in [6.45, 7) is 3.37. The van der Waals surface area contributed by atoms with Gasteiger partial charge in [-0.15, -0.1) is 0 Å². The fraction of sp³-hybridized carbons (Fsp3) is 0.417. The van der Waals surface area contributed by atoms with Crippen LogP contribution < -0.4 is 11.1 Å². The standard InChI is InChI=1S/C12H15F3N2O2/c1-5(16)3-6(2)17-12(19)7-4-8(13)10(15)11(18)9(7)14/h4-6,18H,3,16H2,1-2H3,(H,17,19). The van der Waals surface area contributed by atoms with Crippen LogP contribution in [0.5, 0.6) is 5.75 Å². The molecule has 0 spiro atoms. The lowest BCUT2D eigenvalue weighted by atomic mass is 10.1. The number of phenolic OH excluding ortho intramolecular Hbond substituents is 1. The van der Waals surface area contributed by atoms with Gasteiger partial charge in [0.25, 0.3) is 5.91 Å². The van der Waals surface area contributed by atoms with Crippen molar-refractivity contribution >= 4 is 5.91 Å². The Morgan fingerprint density at radius 2 is 1.95 bits per heavy atom. The van der Waals surface area contributed by atoms with E-state index >= 15 is 0 Å². The van der Waals surface area contributed by atoms with Gasteiger partial charge in [-0.3, -0.25) is 4.79 Å². The van der Waals surface area contributed by atoms with Crippen molar-refractivity contribution in [2.45, 2.75) is 32.4 Å². The van der Waals surface area contributed by atoms with Gasteiger partial charge in [-0.2, -0.15) is 4.39 Å². The van der Waals surface area contributed by atoms with E-state index in [1.54, 1.807) is 13.8 Å². The van der Waals surface area contributed by atoms with Crippen molar-refractivity contribution in [2.75, 3.05) is 0 Å². The number of amides is 1. The summed E-state index contributed by atoms with van der Waals surface area (Å²) >= 11 is 0. The first-order valence-corrected chi connectivity index (χ1v) is 5.67. The van der Waals surface area contributed by atoms with Gasteiger partial charge in [-0.05, 0) is 26.3 Å². The highest BCUT2D eigenvalue weighted by Gasteiger charge is 2.23. The average Bonchev–Trinajstić information content (AvgIpc) is 2.29. The van der Waals surface area contributed by atoms with Gasteiger partial charge in [0.05, 0.1) is 5.56 Å². The van der Waals surface area contributed by atoms with E-state index in [4.69, 9.17) is 10.8 Å². The predicted molar refractivity (Wildman–Crippen MR) is 63.2 cm³/mol. The molecule has 1 aromatic rings. The number of hydrogen-bond acceptors (Lipinski definition) is 3. The number of nitrogens with two attached hydrogens (primary N) is 1. The number of carbonyl (C=O) groups excluding carboxylic acids is 1. The maximum absolute atomic E-state index is 13.5. The molecule has 0 aliphatic rings. The largest absolute Gasteiger partial charge is 0.503 e. The van der Waals surface area contributed by atoms with Crippen LogP contribution in [-0.2, 0) is 0 Å². The molecule has 7 heteroatoms. The number of halogens is 3. The topological polar surface area (TPSA) is 75.3 Å². The molecule has 4 nitrogen and oxygen atoms in total. The predicted octanol–water partition coefficient (Wildman–Crippen LogP) is 1.67. The number of nitrogens with one attached hydrogen (secondary N) is 1. The number of carbonyl (C=O) groups is 1. The minimum Gasteiger partial charge on any atom is -0.503 e. The maximum Gasteiger partial charge on any atom is 0.254 e. The molecule has 0 aliphatic heterocycles. The SMILES string of the molecule is CC(N)CC(C)NC(=O)c1cc(F)c(F)c(O)c1F. The van der Waals surface area contributed by atoms with Crippen LogP contribution in [0.1, 0.15) is 30.6 Å². The van der Waals surface area contributed by atoms with Crippen molar-refractivity contribution in [2.24, 2.45) is 5.73 Å². The average molecular weight is 276 g/mol. The molecule has 0 heterocycles. The summed E-state index contributed by atoms with van der Waals surface area (Å²) < 4.78 is 39.3. The molecule has 0 radical (unpaired) electrons. The van der Waals surface area contributed by atoms with Crippen molar-refractivity contribution in [1.82, 2.24) is 5.32 Å². The molecule has 0 aliphatic carbocycles. The minimum atomic E-state index is -1.72. The molecule has 106 valence electrons. The van der Waals surface area contributed by atoms with E-state index in [1.807, 2.05) is 0 Å². The highest BCUT2D eigenvalue weighted by Crippen LogP contribution is 2.25. The van der Waals surface area contributed by atoms with E-state index in [-0.39, 0.29) is 12.1 Å². The van der Waals surface area contributed by atoms with Gasteiger partial charge in [-0.25, -0.2) is 8.78 Å².